The summed E-state index contributed by atoms with van der Waals surface area (Å²) in [4.78, 5) is 11.9. The molecule has 0 aliphatic rings. The minimum atomic E-state index is -0.771. The maximum atomic E-state index is 10.1. The zero-order chi connectivity index (χ0) is 7.98. The second-order valence-corrected chi connectivity index (χ2v) is 2.04. The third kappa shape index (κ3) is 4.29. The van der Waals surface area contributed by atoms with E-state index in [1.807, 2.05) is 11.8 Å². The van der Waals surface area contributed by atoms with Crippen LogP contribution in [-0.2, 0) is 4.79 Å². The predicted molar refractivity (Wildman–Crippen MR) is 38.6 cm³/mol. The van der Waals surface area contributed by atoms with Gasteiger partial charge in [0.15, 0.2) is 0 Å². The summed E-state index contributed by atoms with van der Waals surface area (Å²) in [6.45, 7) is 3.74. The molecule has 10 heavy (non-hydrogen) atoms. The highest BCUT2D eigenvalue weighted by Crippen LogP contribution is 1.87. The summed E-state index contributed by atoms with van der Waals surface area (Å²) in [5.41, 5.74) is 5.30. The quantitative estimate of drug-likeness (QED) is 0.522. The molecule has 0 rings (SSSR count). The van der Waals surface area contributed by atoms with Gasteiger partial charge in [0, 0.05) is 13.2 Å². The lowest BCUT2D eigenvalue weighted by atomic mass is 10.4. The first-order valence-electron chi connectivity index (χ1n) is 3.35. The third-order valence-corrected chi connectivity index (χ3v) is 1.35. The molecule has 0 atom stereocenters. The van der Waals surface area contributed by atoms with E-state index in [0.717, 1.165) is 6.54 Å². The number of rotatable bonds is 5. The van der Waals surface area contributed by atoms with Crippen molar-refractivity contribution in [1.82, 2.24) is 4.90 Å². The summed E-state index contributed by atoms with van der Waals surface area (Å²) >= 11 is 0. The second-order valence-electron chi connectivity index (χ2n) is 2.04. The van der Waals surface area contributed by atoms with Crippen molar-refractivity contribution in [3.8, 4) is 0 Å². The van der Waals surface area contributed by atoms with Gasteiger partial charge in [-0.05, 0) is 6.54 Å². The van der Waals surface area contributed by atoms with Crippen molar-refractivity contribution in [2.75, 3.05) is 19.8 Å². The van der Waals surface area contributed by atoms with Gasteiger partial charge in [0.2, 0.25) is 0 Å². The summed E-state index contributed by atoms with van der Waals surface area (Å²) in [6.07, 6.45) is 0.172. The maximum absolute atomic E-state index is 10.1. The summed E-state index contributed by atoms with van der Waals surface area (Å²) in [7, 11) is 0. The van der Waals surface area contributed by atoms with Crippen LogP contribution in [0.15, 0.2) is 0 Å². The second kappa shape index (κ2) is 5.20. The highest BCUT2D eigenvalue weighted by Gasteiger charge is 2.01. The molecule has 4 heteroatoms. The van der Waals surface area contributed by atoms with E-state index in [1.165, 1.54) is 0 Å². The fourth-order valence-corrected chi connectivity index (χ4v) is 0.632. The van der Waals surface area contributed by atoms with E-state index in [4.69, 9.17) is 10.8 Å². The summed E-state index contributed by atoms with van der Waals surface area (Å²) < 4.78 is 0. The molecule has 0 aliphatic heterocycles. The van der Waals surface area contributed by atoms with E-state index in [0.29, 0.717) is 13.2 Å². The van der Waals surface area contributed by atoms with E-state index in [9.17, 15) is 4.79 Å². The monoisotopic (exact) mass is 146 g/mol. The minimum Gasteiger partial charge on any atom is -0.481 e. The zero-order valence-corrected chi connectivity index (χ0v) is 6.21. The first kappa shape index (κ1) is 9.39. The third-order valence-electron chi connectivity index (χ3n) is 1.35. The maximum Gasteiger partial charge on any atom is 0.304 e. The SMILES string of the molecule is CCN(CN)CCC(=O)O. The molecule has 3 N–H and O–H groups in total. The van der Waals surface area contributed by atoms with Crippen LogP contribution in [0.5, 0.6) is 0 Å². The molecule has 0 saturated carbocycles. The van der Waals surface area contributed by atoms with Crippen molar-refractivity contribution in [3.05, 3.63) is 0 Å². The predicted octanol–water partition coefficient (Wildman–Crippen LogP) is -0.301. The lowest BCUT2D eigenvalue weighted by Crippen LogP contribution is -2.31. The molecule has 0 radical (unpaired) electrons. The highest BCUT2D eigenvalue weighted by atomic mass is 16.4. The number of hydrogen-bond acceptors (Lipinski definition) is 3. The van der Waals surface area contributed by atoms with Crippen molar-refractivity contribution < 1.29 is 9.90 Å². The Labute approximate surface area is 60.6 Å². The first-order chi connectivity index (χ1) is 4.70. The average Bonchev–Trinajstić information content (AvgIpc) is 1.90. The van der Waals surface area contributed by atoms with E-state index in [2.05, 4.69) is 0 Å². The molecule has 0 aromatic rings. The molecule has 0 heterocycles. The standard InChI is InChI=1S/C6H14N2O2/c1-2-8(5-7)4-3-6(9)10/h2-5,7H2,1H3,(H,9,10). The smallest absolute Gasteiger partial charge is 0.304 e. The van der Waals surface area contributed by atoms with Gasteiger partial charge in [-0.2, -0.15) is 0 Å². The van der Waals surface area contributed by atoms with Crippen molar-refractivity contribution in [1.29, 1.82) is 0 Å². The number of aliphatic carboxylic acids is 1. The van der Waals surface area contributed by atoms with E-state index in [1.54, 1.807) is 0 Å². The van der Waals surface area contributed by atoms with Gasteiger partial charge in [-0.3, -0.25) is 9.69 Å². The molecule has 0 fully saturated rings. The molecular formula is C6H14N2O2. The number of hydrogen-bond donors (Lipinski definition) is 2. The average molecular weight is 146 g/mol. The number of carbonyl (C=O) groups is 1. The van der Waals surface area contributed by atoms with Crippen molar-refractivity contribution in [3.63, 3.8) is 0 Å². The van der Waals surface area contributed by atoms with Gasteiger partial charge in [-0.15, -0.1) is 0 Å². The molecule has 0 spiro atoms. The Bertz CT molecular complexity index is 102. The first-order valence-corrected chi connectivity index (χ1v) is 3.35. The number of nitrogens with zero attached hydrogens (tertiary/aromatic N) is 1. The van der Waals surface area contributed by atoms with Crippen LogP contribution in [0.2, 0.25) is 0 Å². The topological polar surface area (TPSA) is 66.6 Å². The Morgan fingerprint density at radius 2 is 2.30 bits per heavy atom. The molecule has 0 aliphatic carbocycles. The van der Waals surface area contributed by atoms with E-state index in [-0.39, 0.29) is 6.42 Å². The molecule has 0 aromatic carbocycles. The molecule has 60 valence electrons. The Kier molecular flexibility index (Phi) is 4.88. The van der Waals surface area contributed by atoms with Crippen LogP contribution < -0.4 is 5.73 Å². The summed E-state index contributed by atoms with van der Waals surface area (Å²) in [5, 5.41) is 8.29. The molecule has 0 amide bonds. The fourth-order valence-electron chi connectivity index (χ4n) is 0.632. The van der Waals surface area contributed by atoms with Gasteiger partial charge in [-0.25, -0.2) is 0 Å². The van der Waals surface area contributed by atoms with Crippen LogP contribution >= 0.6 is 0 Å². The van der Waals surface area contributed by atoms with Crippen LogP contribution in [0.25, 0.3) is 0 Å². The Balaban J connectivity index is 3.34. The highest BCUT2D eigenvalue weighted by molar-refractivity contribution is 5.66. The molecule has 4 nitrogen and oxygen atoms in total. The lowest BCUT2D eigenvalue weighted by Gasteiger charge is -2.15. The lowest BCUT2D eigenvalue weighted by molar-refractivity contribution is -0.137. The van der Waals surface area contributed by atoms with Gasteiger partial charge in [0.05, 0.1) is 6.42 Å². The van der Waals surface area contributed by atoms with Crippen LogP contribution in [-0.4, -0.2) is 35.7 Å². The molecule has 0 bridgehead atoms. The van der Waals surface area contributed by atoms with Crippen molar-refractivity contribution in [2.24, 2.45) is 5.73 Å². The van der Waals surface area contributed by atoms with Gasteiger partial charge < -0.3 is 10.8 Å². The van der Waals surface area contributed by atoms with Gasteiger partial charge >= 0.3 is 5.97 Å². The summed E-state index contributed by atoms with van der Waals surface area (Å²) in [5.74, 6) is -0.771. The fraction of sp³-hybridized carbons (Fsp3) is 0.833. The normalized spacial score (nSPS) is 10.3. The largest absolute Gasteiger partial charge is 0.481 e. The number of nitrogens with two attached hydrogens (primary N) is 1. The molecule has 0 aromatic heterocycles. The van der Waals surface area contributed by atoms with Crippen LogP contribution in [0.1, 0.15) is 13.3 Å². The van der Waals surface area contributed by atoms with Crippen LogP contribution in [0, 0.1) is 0 Å². The molecular weight excluding hydrogens is 132 g/mol. The Hall–Kier alpha value is -0.610. The number of carboxylic acids is 1. The van der Waals surface area contributed by atoms with Crippen molar-refractivity contribution in [2.45, 2.75) is 13.3 Å². The van der Waals surface area contributed by atoms with Gasteiger partial charge in [0.25, 0.3) is 0 Å². The van der Waals surface area contributed by atoms with Crippen molar-refractivity contribution >= 4 is 5.97 Å². The number of carboxylic acid groups (broad SMARTS) is 1. The Morgan fingerprint density at radius 1 is 1.70 bits per heavy atom. The van der Waals surface area contributed by atoms with Crippen LogP contribution in [0.4, 0.5) is 0 Å². The Morgan fingerprint density at radius 3 is 2.60 bits per heavy atom. The zero-order valence-electron chi connectivity index (χ0n) is 6.21. The van der Waals surface area contributed by atoms with E-state index < -0.39 is 5.97 Å². The molecule has 0 unspecified atom stereocenters. The van der Waals surface area contributed by atoms with E-state index >= 15 is 0 Å². The van der Waals surface area contributed by atoms with Gasteiger partial charge in [-0.1, -0.05) is 6.92 Å². The summed E-state index contributed by atoms with van der Waals surface area (Å²) in [6, 6.07) is 0. The minimum absolute atomic E-state index is 0.172. The molecule has 0 saturated heterocycles. The van der Waals surface area contributed by atoms with Gasteiger partial charge in [0.1, 0.15) is 0 Å². The van der Waals surface area contributed by atoms with Crippen LogP contribution in [0.3, 0.4) is 0 Å².